The van der Waals surface area contributed by atoms with Gasteiger partial charge in [0.2, 0.25) is 0 Å². The first-order valence-electron chi connectivity index (χ1n) is 9.45. The molecule has 4 nitrogen and oxygen atoms in total. The molecular formula is C23H18FN3OS. The number of aromatic nitrogens is 2. The first-order chi connectivity index (χ1) is 14.2. The summed E-state index contributed by atoms with van der Waals surface area (Å²) in [4.78, 5) is 20.7. The molecule has 1 aliphatic heterocycles. The van der Waals surface area contributed by atoms with E-state index >= 15 is 0 Å². The monoisotopic (exact) mass is 403 g/mol. The predicted octanol–water partition coefficient (Wildman–Crippen LogP) is 4.94. The van der Waals surface area contributed by atoms with E-state index in [-0.39, 0.29) is 11.7 Å². The fourth-order valence-electron chi connectivity index (χ4n) is 3.64. The molecular weight excluding hydrogens is 385 g/mol. The van der Waals surface area contributed by atoms with Crippen LogP contribution in [0.1, 0.15) is 21.6 Å². The maximum absolute atomic E-state index is 13.4. The molecule has 144 valence electrons. The van der Waals surface area contributed by atoms with Crippen LogP contribution in [0.2, 0.25) is 0 Å². The molecule has 1 aliphatic rings. The van der Waals surface area contributed by atoms with Crippen molar-refractivity contribution >= 4 is 17.2 Å². The van der Waals surface area contributed by atoms with Crippen LogP contribution in [0.5, 0.6) is 0 Å². The van der Waals surface area contributed by atoms with E-state index in [4.69, 9.17) is 0 Å². The van der Waals surface area contributed by atoms with Gasteiger partial charge in [-0.2, -0.15) is 0 Å². The van der Waals surface area contributed by atoms with Crippen LogP contribution < -0.4 is 0 Å². The number of nitrogens with zero attached hydrogens (tertiary/aromatic N) is 3. The number of hydrogen-bond acceptors (Lipinski definition) is 3. The van der Waals surface area contributed by atoms with Crippen molar-refractivity contribution in [3.05, 3.63) is 95.7 Å². The summed E-state index contributed by atoms with van der Waals surface area (Å²) in [6, 6.07) is 18.3. The Morgan fingerprint density at radius 3 is 2.45 bits per heavy atom. The lowest BCUT2D eigenvalue weighted by atomic mass is 9.99. The molecule has 1 amide bonds. The van der Waals surface area contributed by atoms with Gasteiger partial charge in [-0.25, -0.2) is 9.37 Å². The highest BCUT2D eigenvalue weighted by atomic mass is 32.1. The summed E-state index contributed by atoms with van der Waals surface area (Å²) in [6.07, 6.45) is 4.64. The van der Waals surface area contributed by atoms with Gasteiger partial charge in [-0.05, 0) is 47.4 Å². The van der Waals surface area contributed by atoms with E-state index in [1.165, 1.54) is 34.6 Å². The van der Waals surface area contributed by atoms with Gasteiger partial charge in [0, 0.05) is 25.5 Å². The summed E-state index contributed by atoms with van der Waals surface area (Å²) < 4.78 is 15.3. The van der Waals surface area contributed by atoms with Gasteiger partial charge in [-0.15, -0.1) is 0 Å². The molecule has 0 bridgehead atoms. The highest BCUT2D eigenvalue weighted by molar-refractivity contribution is 7.17. The highest BCUT2D eigenvalue weighted by Gasteiger charge is 2.27. The van der Waals surface area contributed by atoms with Gasteiger partial charge in [-0.3, -0.25) is 4.79 Å². The van der Waals surface area contributed by atoms with E-state index in [9.17, 15) is 9.18 Å². The number of amides is 1. The standard InChI is InChI=1S/C23H18FN3OS/c24-19-9-7-17(8-10-19)21-20(25-23(29-21)26-12-3-4-13-26)22(28)27-14-11-16-5-1-2-6-18(16)15-27/h1-10,12-13H,11,14-15H2. The molecule has 2 aromatic carbocycles. The van der Waals surface area contributed by atoms with Crippen molar-refractivity contribution in [1.29, 1.82) is 0 Å². The normalized spacial score (nSPS) is 13.3. The van der Waals surface area contributed by atoms with Crippen LogP contribution in [0, 0.1) is 5.82 Å². The Morgan fingerprint density at radius 2 is 1.69 bits per heavy atom. The second-order valence-corrected chi connectivity index (χ2v) is 7.99. The molecule has 0 spiro atoms. The van der Waals surface area contributed by atoms with E-state index in [1.807, 2.05) is 46.1 Å². The summed E-state index contributed by atoms with van der Waals surface area (Å²) in [5, 5.41) is 0.718. The van der Waals surface area contributed by atoms with Gasteiger partial charge in [0.15, 0.2) is 5.13 Å². The quantitative estimate of drug-likeness (QED) is 0.486. The number of fused-ring (bicyclic) bond motifs is 1. The lowest BCUT2D eigenvalue weighted by Crippen LogP contribution is -2.36. The minimum atomic E-state index is -0.301. The molecule has 5 rings (SSSR count). The first kappa shape index (κ1) is 17.8. The smallest absolute Gasteiger partial charge is 0.274 e. The van der Waals surface area contributed by atoms with Crippen molar-refractivity contribution < 1.29 is 9.18 Å². The number of hydrogen-bond donors (Lipinski definition) is 0. The minimum Gasteiger partial charge on any atom is -0.333 e. The summed E-state index contributed by atoms with van der Waals surface area (Å²) in [6.45, 7) is 1.24. The first-order valence-corrected chi connectivity index (χ1v) is 10.3. The fourth-order valence-corrected chi connectivity index (χ4v) is 4.67. The largest absolute Gasteiger partial charge is 0.333 e. The van der Waals surface area contributed by atoms with Gasteiger partial charge < -0.3 is 9.47 Å². The van der Waals surface area contributed by atoms with E-state index in [0.29, 0.717) is 18.8 Å². The molecule has 0 N–H and O–H groups in total. The number of benzene rings is 2. The topological polar surface area (TPSA) is 38.1 Å². The zero-order chi connectivity index (χ0) is 19.8. The third kappa shape index (κ3) is 3.36. The van der Waals surface area contributed by atoms with Crippen LogP contribution in [0.25, 0.3) is 15.6 Å². The Morgan fingerprint density at radius 1 is 0.966 bits per heavy atom. The number of halogens is 1. The molecule has 4 aromatic rings. The van der Waals surface area contributed by atoms with Crippen molar-refractivity contribution in [3.63, 3.8) is 0 Å². The zero-order valence-corrected chi connectivity index (χ0v) is 16.4. The maximum atomic E-state index is 13.4. The summed E-state index contributed by atoms with van der Waals surface area (Å²) >= 11 is 1.44. The Bertz CT molecular complexity index is 1170. The van der Waals surface area contributed by atoms with Gasteiger partial charge in [0.1, 0.15) is 11.5 Å². The van der Waals surface area contributed by atoms with Crippen LogP contribution in [-0.4, -0.2) is 26.9 Å². The average molecular weight is 403 g/mol. The Labute approximate surface area is 171 Å². The van der Waals surface area contributed by atoms with Crippen LogP contribution >= 0.6 is 11.3 Å². The third-order valence-corrected chi connectivity index (χ3v) is 6.29. The lowest BCUT2D eigenvalue weighted by molar-refractivity contribution is 0.0730. The van der Waals surface area contributed by atoms with Crippen molar-refractivity contribution in [2.24, 2.45) is 0 Å². The molecule has 2 aromatic heterocycles. The zero-order valence-electron chi connectivity index (χ0n) is 15.6. The van der Waals surface area contributed by atoms with Gasteiger partial charge in [0.25, 0.3) is 5.91 Å². The van der Waals surface area contributed by atoms with Gasteiger partial charge in [0.05, 0.1) is 4.88 Å². The average Bonchev–Trinajstić information content (AvgIpc) is 3.43. The number of rotatable bonds is 3. The Kier molecular flexibility index (Phi) is 4.48. The molecule has 29 heavy (non-hydrogen) atoms. The Hall–Kier alpha value is -3.25. The second kappa shape index (κ2) is 7.29. The van der Waals surface area contributed by atoms with Crippen LogP contribution in [0.3, 0.4) is 0 Å². The predicted molar refractivity (Wildman–Crippen MR) is 112 cm³/mol. The maximum Gasteiger partial charge on any atom is 0.274 e. The molecule has 0 radical (unpaired) electrons. The highest BCUT2D eigenvalue weighted by Crippen LogP contribution is 2.34. The molecule has 0 saturated heterocycles. The second-order valence-electron chi connectivity index (χ2n) is 7.02. The molecule has 0 fully saturated rings. The van der Waals surface area contributed by atoms with Gasteiger partial charge in [-0.1, -0.05) is 47.7 Å². The van der Waals surface area contributed by atoms with Gasteiger partial charge >= 0.3 is 0 Å². The van der Waals surface area contributed by atoms with E-state index in [2.05, 4.69) is 17.1 Å². The van der Waals surface area contributed by atoms with Crippen molar-refractivity contribution in [3.8, 4) is 15.6 Å². The summed E-state index contributed by atoms with van der Waals surface area (Å²) in [5.41, 5.74) is 3.69. The van der Waals surface area contributed by atoms with Crippen molar-refractivity contribution in [2.75, 3.05) is 6.54 Å². The lowest BCUT2D eigenvalue weighted by Gasteiger charge is -2.28. The van der Waals surface area contributed by atoms with Crippen LogP contribution in [0.15, 0.2) is 73.1 Å². The summed E-state index contributed by atoms with van der Waals surface area (Å²) in [5.74, 6) is -0.391. The summed E-state index contributed by atoms with van der Waals surface area (Å²) in [7, 11) is 0. The molecule has 0 aliphatic carbocycles. The number of thiazole rings is 1. The molecule has 6 heteroatoms. The van der Waals surface area contributed by atoms with Crippen molar-refractivity contribution in [1.82, 2.24) is 14.5 Å². The van der Waals surface area contributed by atoms with Crippen LogP contribution in [-0.2, 0) is 13.0 Å². The van der Waals surface area contributed by atoms with E-state index < -0.39 is 0 Å². The fraction of sp³-hybridized carbons (Fsp3) is 0.130. The molecule has 0 saturated carbocycles. The van der Waals surface area contributed by atoms with E-state index in [0.717, 1.165) is 22.0 Å². The number of carbonyl (C=O) groups excluding carboxylic acids is 1. The molecule has 3 heterocycles. The minimum absolute atomic E-state index is 0.0894. The SMILES string of the molecule is O=C(c1nc(-n2cccc2)sc1-c1ccc(F)cc1)N1CCc2ccccc2C1. The molecule has 0 unspecified atom stereocenters. The third-order valence-electron chi connectivity index (χ3n) is 5.17. The van der Waals surface area contributed by atoms with E-state index in [1.54, 1.807) is 12.1 Å². The Balaban J connectivity index is 1.54. The van der Waals surface area contributed by atoms with Crippen LogP contribution in [0.4, 0.5) is 4.39 Å². The van der Waals surface area contributed by atoms with Crippen molar-refractivity contribution in [2.45, 2.75) is 13.0 Å². The molecule has 0 atom stereocenters. The number of carbonyl (C=O) groups is 1.